The molecule has 2 rings (SSSR count). The van der Waals surface area contributed by atoms with Gasteiger partial charge in [-0.2, -0.15) is 0 Å². The molecule has 0 aromatic heterocycles. The third-order valence-electron chi connectivity index (χ3n) is 4.81. The molecule has 2 fully saturated rings. The van der Waals surface area contributed by atoms with Gasteiger partial charge in [-0.05, 0) is 38.0 Å². The molecular weight excluding hydrogens is 224 g/mol. The summed E-state index contributed by atoms with van der Waals surface area (Å²) >= 11 is 0. The van der Waals surface area contributed by atoms with Crippen LogP contribution in [-0.4, -0.2) is 42.8 Å². The summed E-state index contributed by atoms with van der Waals surface area (Å²) in [5.74, 6) is 0. The SMILES string of the molecule is CC1CN(C2(CN)CCCC(C)(C)C2)CCCO1. The lowest BCUT2D eigenvalue weighted by Gasteiger charge is -2.51. The molecule has 2 atom stereocenters. The van der Waals surface area contributed by atoms with Crippen LogP contribution in [0.25, 0.3) is 0 Å². The van der Waals surface area contributed by atoms with E-state index in [-0.39, 0.29) is 5.54 Å². The van der Waals surface area contributed by atoms with Crippen LogP contribution in [-0.2, 0) is 4.74 Å². The molecule has 0 spiro atoms. The molecule has 2 unspecified atom stereocenters. The Balaban J connectivity index is 2.14. The topological polar surface area (TPSA) is 38.5 Å². The summed E-state index contributed by atoms with van der Waals surface area (Å²) < 4.78 is 5.78. The Morgan fingerprint density at radius 2 is 2.06 bits per heavy atom. The van der Waals surface area contributed by atoms with Crippen molar-refractivity contribution in [3.05, 3.63) is 0 Å². The average Bonchev–Trinajstić information content (AvgIpc) is 2.52. The zero-order valence-corrected chi connectivity index (χ0v) is 12.4. The molecule has 3 nitrogen and oxygen atoms in total. The van der Waals surface area contributed by atoms with E-state index in [4.69, 9.17) is 10.5 Å². The van der Waals surface area contributed by atoms with Gasteiger partial charge < -0.3 is 10.5 Å². The molecule has 106 valence electrons. The number of hydrogen-bond donors (Lipinski definition) is 1. The van der Waals surface area contributed by atoms with E-state index in [9.17, 15) is 0 Å². The van der Waals surface area contributed by atoms with Crippen molar-refractivity contribution in [2.24, 2.45) is 11.1 Å². The van der Waals surface area contributed by atoms with E-state index in [2.05, 4.69) is 25.7 Å². The molecule has 0 aromatic rings. The Hall–Kier alpha value is -0.120. The molecule has 1 saturated heterocycles. The number of nitrogens with zero attached hydrogens (tertiary/aromatic N) is 1. The first-order chi connectivity index (χ1) is 8.47. The summed E-state index contributed by atoms with van der Waals surface area (Å²) in [5, 5.41) is 0. The van der Waals surface area contributed by atoms with Gasteiger partial charge in [0.1, 0.15) is 0 Å². The van der Waals surface area contributed by atoms with Gasteiger partial charge >= 0.3 is 0 Å². The second-order valence-electron chi connectivity index (χ2n) is 7.10. The van der Waals surface area contributed by atoms with Crippen molar-refractivity contribution in [1.82, 2.24) is 4.90 Å². The molecular formula is C15H30N2O. The fourth-order valence-corrected chi connectivity index (χ4v) is 3.96. The summed E-state index contributed by atoms with van der Waals surface area (Å²) in [7, 11) is 0. The van der Waals surface area contributed by atoms with E-state index in [0.29, 0.717) is 11.5 Å². The normalized spacial score (nSPS) is 38.3. The van der Waals surface area contributed by atoms with Gasteiger partial charge in [0.25, 0.3) is 0 Å². The van der Waals surface area contributed by atoms with Gasteiger partial charge in [-0.25, -0.2) is 0 Å². The third kappa shape index (κ3) is 3.06. The van der Waals surface area contributed by atoms with Crippen molar-refractivity contribution in [2.45, 2.75) is 64.5 Å². The maximum atomic E-state index is 6.20. The van der Waals surface area contributed by atoms with Gasteiger partial charge in [-0.3, -0.25) is 4.90 Å². The monoisotopic (exact) mass is 254 g/mol. The lowest BCUT2D eigenvalue weighted by atomic mass is 9.67. The van der Waals surface area contributed by atoms with Crippen LogP contribution >= 0.6 is 0 Å². The van der Waals surface area contributed by atoms with Gasteiger partial charge in [0.15, 0.2) is 0 Å². The molecule has 1 heterocycles. The lowest BCUT2D eigenvalue weighted by Crippen LogP contribution is -2.59. The molecule has 18 heavy (non-hydrogen) atoms. The Kier molecular flexibility index (Phi) is 4.35. The summed E-state index contributed by atoms with van der Waals surface area (Å²) in [5.41, 5.74) is 6.87. The lowest BCUT2D eigenvalue weighted by molar-refractivity contribution is -0.00776. The minimum Gasteiger partial charge on any atom is -0.377 e. The summed E-state index contributed by atoms with van der Waals surface area (Å²) in [6, 6.07) is 0. The standard InChI is InChI=1S/C15H30N2O/c1-13-10-17(8-5-9-18-13)15(12-16)7-4-6-14(2,3)11-15/h13H,4-12,16H2,1-3H3. The van der Waals surface area contributed by atoms with Gasteiger partial charge in [-0.1, -0.05) is 20.3 Å². The summed E-state index contributed by atoms with van der Waals surface area (Å²) in [6.07, 6.45) is 6.65. The van der Waals surface area contributed by atoms with Crippen LogP contribution in [0.4, 0.5) is 0 Å². The van der Waals surface area contributed by atoms with E-state index in [1.54, 1.807) is 0 Å². The highest BCUT2D eigenvalue weighted by atomic mass is 16.5. The molecule has 2 N–H and O–H groups in total. The zero-order chi connectivity index (χ0) is 13.2. The second-order valence-corrected chi connectivity index (χ2v) is 7.10. The van der Waals surface area contributed by atoms with E-state index in [1.807, 2.05) is 0 Å². The predicted octanol–water partition coefficient (Wildman–Crippen LogP) is 2.39. The smallest absolute Gasteiger partial charge is 0.0674 e. The Bertz CT molecular complexity index is 280. The Morgan fingerprint density at radius 3 is 2.72 bits per heavy atom. The maximum Gasteiger partial charge on any atom is 0.0674 e. The van der Waals surface area contributed by atoms with E-state index < -0.39 is 0 Å². The minimum absolute atomic E-state index is 0.226. The fraction of sp³-hybridized carbons (Fsp3) is 1.00. The third-order valence-corrected chi connectivity index (χ3v) is 4.81. The van der Waals surface area contributed by atoms with Crippen LogP contribution in [0.3, 0.4) is 0 Å². The molecule has 3 heteroatoms. The van der Waals surface area contributed by atoms with Crippen molar-refractivity contribution in [2.75, 3.05) is 26.2 Å². The van der Waals surface area contributed by atoms with Crippen molar-refractivity contribution < 1.29 is 4.74 Å². The first-order valence-corrected chi connectivity index (χ1v) is 7.54. The number of rotatable bonds is 2. The van der Waals surface area contributed by atoms with Crippen LogP contribution in [0.5, 0.6) is 0 Å². The fourth-order valence-electron chi connectivity index (χ4n) is 3.96. The first kappa shape index (κ1) is 14.3. The maximum absolute atomic E-state index is 6.20. The summed E-state index contributed by atoms with van der Waals surface area (Å²) in [4.78, 5) is 2.64. The molecule has 0 aromatic carbocycles. The molecule has 1 aliphatic carbocycles. The van der Waals surface area contributed by atoms with Gasteiger partial charge in [-0.15, -0.1) is 0 Å². The largest absolute Gasteiger partial charge is 0.377 e. The molecule has 0 bridgehead atoms. The van der Waals surface area contributed by atoms with Crippen molar-refractivity contribution in [3.63, 3.8) is 0 Å². The van der Waals surface area contributed by atoms with Crippen LogP contribution in [0.2, 0.25) is 0 Å². The van der Waals surface area contributed by atoms with E-state index in [1.165, 1.54) is 25.7 Å². The van der Waals surface area contributed by atoms with Crippen LogP contribution in [0.15, 0.2) is 0 Å². The minimum atomic E-state index is 0.226. The Morgan fingerprint density at radius 1 is 1.28 bits per heavy atom. The first-order valence-electron chi connectivity index (χ1n) is 7.54. The van der Waals surface area contributed by atoms with Crippen LogP contribution in [0.1, 0.15) is 52.9 Å². The van der Waals surface area contributed by atoms with Crippen molar-refractivity contribution in [3.8, 4) is 0 Å². The van der Waals surface area contributed by atoms with Crippen LogP contribution < -0.4 is 5.73 Å². The van der Waals surface area contributed by atoms with E-state index in [0.717, 1.165) is 32.7 Å². The second kappa shape index (κ2) is 5.48. The van der Waals surface area contributed by atoms with Crippen LogP contribution in [0, 0.1) is 5.41 Å². The average molecular weight is 254 g/mol. The number of nitrogens with two attached hydrogens (primary N) is 1. The molecule has 2 aliphatic rings. The van der Waals surface area contributed by atoms with Crippen molar-refractivity contribution >= 4 is 0 Å². The van der Waals surface area contributed by atoms with E-state index >= 15 is 0 Å². The summed E-state index contributed by atoms with van der Waals surface area (Å²) in [6.45, 7) is 10.9. The predicted molar refractivity (Wildman–Crippen MR) is 75.6 cm³/mol. The highest BCUT2D eigenvalue weighted by molar-refractivity contribution is 5.00. The molecule has 1 saturated carbocycles. The molecule has 1 aliphatic heterocycles. The quantitative estimate of drug-likeness (QED) is 0.822. The molecule has 0 amide bonds. The highest BCUT2D eigenvalue weighted by Crippen LogP contribution is 2.43. The Labute approximate surface area is 112 Å². The van der Waals surface area contributed by atoms with Gasteiger partial charge in [0.2, 0.25) is 0 Å². The number of ether oxygens (including phenoxy) is 1. The van der Waals surface area contributed by atoms with Crippen molar-refractivity contribution in [1.29, 1.82) is 0 Å². The number of hydrogen-bond acceptors (Lipinski definition) is 3. The molecule has 0 radical (unpaired) electrons. The highest BCUT2D eigenvalue weighted by Gasteiger charge is 2.43. The zero-order valence-electron chi connectivity index (χ0n) is 12.4. The van der Waals surface area contributed by atoms with Gasteiger partial charge in [0, 0.05) is 31.8 Å². The van der Waals surface area contributed by atoms with Gasteiger partial charge in [0.05, 0.1) is 6.10 Å².